The van der Waals surface area contributed by atoms with Crippen molar-refractivity contribution in [2.75, 3.05) is 17.7 Å². The van der Waals surface area contributed by atoms with Crippen molar-refractivity contribution >= 4 is 17.3 Å². The number of alkyl halides is 3. The summed E-state index contributed by atoms with van der Waals surface area (Å²) in [7, 11) is 1.55. The Balaban J connectivity index is 2.12. The van der Waals surface area contributed by atoms with E-state index >= 15 is 0 Å². The van der Waals surface area contributed by atoms with Gasteiger partial charge in [-0.3, -0.25) is 4.79 Å². The molecular weight excluding hydrogens is 393 g/mol. The largest absolute Gasteiger partial charge is 0.497 e. The molecule has 3 aromatic carbocycles. The fourth-order valence-corrected chi connectivity index (χ4v) is 3.25. The number of amides is 1. The number of nitrogens with one attached hydrogen (secondary N) is 2. The molecule has 30 heavy (non-hydrogen) atoms. The normalized spacial score (nSPS) is 13.2. The van der Waals surface area contributed by atoms with Gasteiger partial charge in [0, 0.05) is 16.9 Å². The van der Waals surface area contributed by atoms with Crippen LogP contribution in [0.5, 0.6) is 5.75 Å². The summed E-state index contributed by atoms with van der Waals surface area (Å²) in [6.45, 7) is 1.85. The molecule has 0 aliphatic rings. The Hall–Kier alpha value is -3.48. The SMILES string of the molecule is COc1ccc([C@@](C)(Nc2ccccc2)c2ccccc2NC(=O)C(F)(F)F)cc1. The quantitative estimate of drug-likeness (QED) is 0.554. The molecular formula is C23H21F3N2O2. The van der Waals surface area contributed by atoms with Crippen LogP contribution in [-0.2, 0) is 10.3 Å². The van der Waals surface area contributed by atoms with Crippen LogP contribution in [0, 0.1) is 0 Å². The number of hydrogen-bond donors (Lipinski definition) is 2. The van der Waals surface area contributed by atoms with Gasteiger partial charge in [-0.15, -0.1) is 0 Å². The maximum Gasteiger partial charge on any atom is 0.471 e. The van der Waals surface area contributed by atoms with Gasteiger partial charge in [-0.1, -0.05) is 48.5 Å². The van der Waals surface area contributed by atoms with Gasteiger partial charge in [0.2, 0.25) is 0 Å². The van der Waals surface area contributed by atoms with E-state index in [1.54, 1.807) is 37.4 Å². The molecule has 0 aliphatic heterocycles. The van der Waals surface area contributed by atoms with Crippen molar-refractivity contribution in [1.29, 1.82) is 0 Å². The smallest absolute Gasteiger partial charge is 0.471 e. The summed E-state index contributed by atoms with van der Waals surface area (Å²) in [5.74, 6) is -1.37. The van der Waals surface area contributed by atoms with Crippen molar-refractivity contribution in [3.63, 3.8) is 0 Å². The summed E-state index contributed by atoms with van der Waals surface area (Å²) >= 11 is 0. The van der Waals surface area contributed by atoms with Crippen LogP contribution >= 0.6 is 0 Å². The number of anilines is 2. The molecule has 2 N–H and O–H groups in total. The van der Waals surface area contributed by atoms with E-state index in [2.05, 4.69) is 5.32 Å². The van der Waals surface area contributed by atoms with Crippen molar-refractivity contribution in [2.45, 2.75) is 18.6 Å². The van der Waals surface area contributed by atoms with Gasteiger partial charge in [0.15, 0.2) is 0 Å². The molecule has 0 saturated carbocycles. The van der Waals surface area contributed by atoms with Crippen LogP contribution in [0.3, 0.4) is 0 Å². The van der Waals surface area contributed by atoms with Crippen molar-refractivity contribution in [3.8, 4) is 5.75 Å². The zero-order chi connectivity index (χ0) is 21.8. The third kappa shape index (κ3) is 4.56. The number of methoxy groups -OCH3 is 1. The van der Waals surface area contributed by atoms with Gasteiger partial charge in [0.1, 0.15) is 5.75 Å². The minimum atomic E-state index is -4.99. The van der Waals surface area contributed by atoms with Crippen molar-refractivity contribution in [3.05, 3.63) is 90.0 Å². The minimum Gasteiger partial charge on any atom is -0.497 e. The van der Waals surface area contributed by atoms with Crippen LogP contribution in [0.1, 0.15) is 18.1 Å². The lowest BCUT2D eigenvalue weighted by Crippen LogP contribution is -2.36. The second-order valence-electron chi connectivity index (χ2n) is 6.84. The molecule has 1 atom stereocenters. The molecule has 0 bridgehead atoms. The molecule has 4 nitrogen and oxygen atoms in total. The van der Waals surface area contributed by atoms with Gasteiger partial charge in [0.25, 0.3) is 0 Å². The summed E-state index contributed by atoms with van der Waals surface area (Å²) in [6.07, 6.45) is -4.99. The van der Waals surface area contributed by atoms with Crippen LogP contribution < -0.4 is 15.4 Å². The molecule has 0 fully saturated rings. The summed E-state index contributed by atoms with van der Waals surface area (Å²) < 4.78 is 43.8. The topological polar surface area (TPSA) is 50.4 Å². The maximum atomic E-state index is 12.9. The van der Waals surface area contributed by atoms with E-state index in [1.165, 1.54) is 6.07 Å². The van der Waals surface area contributed by atoms with Gasteiger partial charge >= 0.3 is 12.1 Å². The van der Waals surface area contributed by atoms with Crippen LogP contribution in [-0.4, -0.2) is 19.2 Å². The maximum absolute atomic E-state index is 12.9. The van der Waals surface area contributed by atoms with Crippen LogP contribution in [0.4, 0.5) is 24.5 Å². The average Bonchev–Trinajstić information content (AvgIpc) is 2.74. The molecule has 0 unspecified atom stereocenters. The lowest BCUT2D eigenvalue weighted by atomic mass is 9.83. The Morgan fingerprint density at radius 1 is 0.867 bits per heavy atom. The first-order valence-electron chi connectivity index (χ1n) is 9.19. The number of carbonyl (C=O) groups is 1. The number of carbonyl (C=O) groups excluding carboxylic acids is 1. The van der Waals surface area contributed by atoms with Gasteiger partial charge in [-0.2, -0.15) is 13.2 Å². The highest BCUT2D eigenvalue weighted by Gasteiger charge is 2.40. The monoisotopic (exact) mass is 414 g/mol. The number of para-hydroxylation sites is 2. The van der Waals surface area contributed by atoms with Crippen LogP contribution in [0.15, 0.2) is 78.9 Å². The molecule has 156 valence electrons. The fourth-order valence-electron chi connectivity index (χ4n) is 3.25. The van der Waals surface area contributed by atoms with Gasteiger partial charge in [-0.05, 0) is 42.8 Å². The number of halogens is 3. The second kappa shape index (κ2) is 8.49. The molecule has 3 aromatic rings. The van der Waals surface area contributed by atoms with Crippen molar-refractivity contribution < 1.29 is 22.7 Å². The lowest BCUT2D eigenvalue weighted by molar-refractivity contribution is -0.167. The summed E-state index contributed by atoms with van der Waals surface area (Å²) in [6, 6.07) is 22.9. The van der Waals surface area contributed by atoms with E-state index < -0.39 is 17.6 Å². The standard InChI is InChI=1S/C23H21F3N2O2/c1-22(28-17-8-4-3-5-9-17,16-12-14-18(30-2)15-13-16)19-10-6-7-11-20(19)27-21(29)23(24,25)26/h3-15,28H,1-2H3,(H,27,29)/t22-/m1/s1. The Bertz CT molecular complexity index is 1000. The predicted octanol–water partition coefficient (Wildman–Crippen LogP) is 5.57. The Morgan fingerprint density at radius 2 is 1.47 bits per heavy atom. The number of benzene rings is 3. The van der Waals surface area contributed by atoms with E-state index in [1.807, 2.05) is 54.7 Å². The Kier molecular flexibility index (Phi) is 6.01. The van der Waals surface area contributed by atoms with Crippen molar-refractivity contribution in [2.24, 2.45) is 0 Å². The molecule has 1 amide bonds. The second-order valence-corrected chi connectivity index (χ2v) is 6.84. The number of rotatable bonds is 6. The van der Waals surface area contributed by atoms with Gasteiger partial charge in [0.05, 0.1) is 12.6 Å². The molecule has 3 rings (SSSR count). The molecule has 0 aliphatic carbocycles. The molecule has 0 heterocycles. The molecule has 0 aromatic heterocycles. The lowest BCUT2D eigenvalue weighted by Gasteiger charge is -2.35. The summed E-state index contributed by atoms with van der Waals surface area (Å²) in [4.78, 5) is 11.6. The van der Waals surface area contributed by atoms with E-state index in [0.29, 0.717) is 11.3 Å². The van der Waals surface area contributed by atoms with E-state index in [9.17, 15) is 18.0 Å². The first-order valence-corrected chi connectivity index (χ1v) is 9.19. The summed E-state index contributed by atoms with van der Waals surface area (Å²) in [5.41, 5.74) is 1.15. The molecule has 0 saturated heterocycles. The Morgan fingerprint density at radius 3 is 2.07 bits per heavy atom. The molecule has 0 spiro atoms. The fraction of sp³-hybridized carbons (Fsp3) is 0.174. The zero-order valence-corrected chi connectivity index (χ0v) is 16.5. The Labute approximate surface area is 172 Å². The van der Waals surface area contributed by atoms with Crippen LogP contribution in [0.2, 0.25) is 0 Å². The highest BCUT2D eigenvalue weighted by atomic mass is 19.4. The van der Waals surface area contributed by atoms with E-state index in [-0.39, 0.29) is 5.69 Å². The predicted molar refractivity (Wildman–Crippen MR) is 111 cm³/mol. The number of ether oxygens (including phenoxy) is 1. The first kappa shape index (κ1) is 21.2. The molecule has 7 heteroatoms. The first-order chi connectivity index (χ1) is 14.2. The van der Waals surface area contributed by atoms with Crippen LogP contribution in [0.25, 0.3) is 0 Å². The highest BCUT2D eigenvalue weighted by Crippen LogP contribution is 2.38. The van der Waals surface area contributed by atoms with Crippen molar-refractivity contribution in [1.82, 2.24) is 0 Å². The summed E-state index contributed by atoms with van der Waals surface area (Å²) in [5, 5.41) is 5.41. The van der Waals surface area contributed by atoms with Gasteiger partial charge in [-0.25, -0.2) is 0 Å². The van der Waals surface area contributed by atoms with E-state index in [0.717, 1.165) is 11.3 Å². The average molecular weight is 414 g/mol. The third-order valence-corrected chi connectivity index (χ3v) is 4.81. The highest BCUT2D eigenvalue weighted by molar-refractivity contribution is 5.96. The zero-order valence-electron chi connectivity index (χ0n) is 16.5. The molecule has 0 radical (unpaired) electrons. The third-order valence-electron chi connectivity index (χ3n) is 4.81. The van der Waals surface area contributed by atoms with E-state index in [4.69, 9.17) is 4.74 Å². The van der Waals surface area contributed by atoms with Gasteiger partial charge < -0.3 is 15.4 Å². The number of hydrogen-bond acceptors (Lipinski definition) is 3. The minimum absolute atomic E-state index is 0.0709.